The van der Waals surface area contributed by atoms with Crippen LogP contribution >= 0.6 is 0 Å². The molecule has 3 N–H and O–H groups in total. The summed E-state index contributed by atoms with van der Waals surface area (Å²) in [5.41, 5.74) is 11.7. The van der Waals surface area contributed by atoms with Crippen molar-refractivity contribution in [2.24, 2.45) is 5.73 Å². The third-order valence-corrected chi connectivity index (χ3v) is 5.59. The highest BCUT2D eigenvalue weighted by molar-refractivity contribution is 5.94. The van der Waals surface area contributed by atoms with Crippen LogP contribution in [-0.4, -0.2) is 23.5 Å². The first-order chi connectivity index (χ1) is 15.1. The number of carbonyl (C=O) groups is 1. The van der Waals surface area contributed by atoms with Crippen LogP contribution in [0, 0.1) is 11.8 Å². The number of nitrogens with two attached hydrogens (primary N) is 1. The maximum absolute atomic E-state index is 12.4. The number of nitrogens with one attached hydrogen (secondary N) is 1. The van der Waals surface area contributed by atoms with Gasteiger partial charge < -0.3 is 16.0 Å². The van der Waals surface area contributed by atoms with Crippen LogP contribution in [0.3, 0.4) is 0 Å². The minimum absolute atomic E-state index is 0.0618. The molecule has 1 aliphatic rings. The lowest BCUT2D eigenvalue weighted by atomic mass is 9.89. The molecule has 0 unspecified atom stereocenters. The van der Waals surface area contributed by atoms with Crippen molar-refractivity contribution in [2.75, 3.05) is 16.8 Å². The van der Waals surface area contributed by atoms with Crippen LogP contribution in [0.15, 0.2) is 67.0 Å². The summed E-state index contributed by atoms with van der Waals surface area (Å²) in [5.74, 6) is 5.99. The highest BCUT2D eigenvalue weighted by Crippen LogP contribution is 2.41. The third-order valence-electron chi connectivity index (χ3n) is 5.59. The number of pyridine rings is 1. The van der Waals surface area contributed by atoms with Crippen molar-refractivity contribution >= 4 is 17.3 Å². The number of amides is 1. The van der Waals surface area contributed by atoms with E-state index in [2.05, 4.69) is 47.3 Å². The highest BCUT2D eigenvalue weighted by Gasteiger charge is 2.32. The molecule has 2 heterocycles. The monoisotopic (exact) mass is 410 g/mol. The molecule has 0 saturated carbocycles. The summed E-state index contributed by atoms with van der Waals surface area (Å²) >= 11 is 0. The summed E-state index contributed by atoms with van der Waals surface area (Å²) < 4.78 is 0. The first-order valence-corrected chi connectivity index (χ1v) is 10.5. The molecule has 5 nitrogen and oxygen atoms in total. The Bertz CT molecular complexity index is 1130. The fourth-order valence-corrected chi connectivity index (χ4v) is 4.21. The Morgan fingerprint density at radius 3 is 2.55 bits per heavy atom. The molecule has 0 aliphatic carbocycles. The molecule has 0 fully saturated rings. The molecule has 0 spiro atoms. The summed E-state index contributed by atoms with van der Waals surface area (Å²) in [6, 6.07) is 18.6. The molecule has 0 saturated heterocycles. The van der Waals surface area contributed by atoms with Gasteiger partial charge >= 0.3 is 0 Å². The maximum Gasteiger partial charge on any atom is 0.224 e. The Labute approximate surface area is 183 Å². The largest absolute Gasteiger partial charge is 0.378 e. The van der Waals surface area contributed by atoms with Gasteiger partial charge in [-0.2, -0.15) is 0 Å². The molecule has 4 rings (SSSR count). The van der Waals surface area contributed by atoms with Crippen LogP contribution in [0.25, 0.3) is 11.1 Å². The molecule has 1 aromatic heterocycles. The molecule has 5 heteroatoms. The molecule has 0 bridgehead atoms. The number of carbonyl (C=O) groups excluding carboxylic acids is 1. The van der Waals surface area contributed by atoms with Gasteiger partial charge in [0.2, 0.25) is 5.91 Å². The Kier molecular flexibility index (Phi) is 6.01. The lowest BCUT2D eigenvalue weighted by Crippen LogP contribution is -2.43. The van der Waals surface area contributed by atoms with E-state index >= 15 is 0 Å². The number of anilines is 2. The van der Waals surface area contributed by atoms with E-state index in [-0.39, 0.29) is 18.0 Å². The van der Waals surface area contributed by atoms with Gasteiger partial charge in [0.1, 0.15) is 0 Å². The second kappa shape index (κ2) is 9.03. The molecular formula is C26H26N4O. The van der Waals surface area contributed by atoms with Crippen molar-refractivity contribution in [3.8, 4) is 23.0 Å². The molecular weight excluding hydrogens is 384 g/mol. The molecule has 156 valence electrons. The predicted octanol–water partition coefficient (Wildman–Crippen LogP) is 4.36. The minimum Gasteiger partial charge on any atom is -0.378 e. The van der Waals surface area contributed by atoms with Gasteiger partial charge in [-0.05, 0) is 78.6 Å². The van der Waals surface area contributed by atoms with E-state index in [1.54, 1.807) is 19.3 Å². The molecule has 1 amide bonds. The van der Waals surface area contributed by atoms with Gasteiger partial charge in [-0.3, -0.25) is 9.78 Å². The van der Waals surface area contributed by atoms with Gasteiger partial charge in [-0.15, -0.1) is 0 Å². The summed E-state index contributed by atoms with van der Waals surface area (Å²) in [6.45, 7) is 4.08. The summed E-state index contributed by atoms with van der Waals surface area (Å²) in [7, 11) is 0. The molecule has 1 aliphatic heterocycles. The lowest BCUT2D eigenvalue weighted by molar-refractivity contribution is -0.117. The lowest BCUT2D eigenvalue weighted by Gasteiger charge is -2.39. The summed E-state index contributed by atoms with van der Waals surface area (Å²) in [5, 5.41) is 3.67. The first kappa shape index (κ1) is 20.6. The molecule has 2 aromatic carbocycles. The fraction of sp³-hybridized carbons (Fsp3) is 0.231. The Morgan fingerprint density at radius 1 is 1.13 bits per heavy atom. The van der Waals surface area contributed by atoms with Crippen molar-refractivity contribution < 1.29 is 4.79 Å². The number of rotatable bonds is 3. The van der Waals surface area contributed by atoms with Crippen LogP contribution in [0.4, 0.5) is 11.4 Å². The van der Waals surface area contributed by atoms with Crippen LogP contribution in [-0.2, 0) is 4.79 Å². The number of hydrogen-bond acceptors (Lipinski definition) is 4. The summed E-state index contributed by atoms with van der Waals surface area (Å²) in [4.78, 5) is 18.4. The Morgan fingerprint density at radius 2 is 1.87 bits per heavy atom. The van der Waals surface area contributed by atoms with Gasteiger partial charge in [-0.25, -0.2) is 0 Å². The van der Waals surface area contributed by atoms with Crippen LogP contribution in [0.2, 0.25) is 0 Å². The van der Waals surface area contributed by atoms with Gasteiger partial charge in [0.05, 0.1) is 12.6 Å². The predicted molar refractivity (Wildman–Crippen MR) is 126 cm³/mol. The van der Waals surface area contributed by atoms with Gasteiger partial charge in [0, 0.05) is 42.3 Å². The van der Waals surface area contributed by atoms with E-state index in [1.807, 2.05) is 41.3 Å². The SMILES string of the molecule is CC(=O)N1c2ccc(-c3ccncc3)cc2[C@H](Nc2ccc(C#CCN)cc2)C[C@@H]1C. The second-order valence-corrected chi connectivity index (χ2v) is 7.76. The van der Waals surface area contributed by atoms with Crippen molar-refractivity contribution in [1.29, 1.82) is 0 Å². The average Bonchev–Trinajstić information content (AvgIpc) is 2.78. The van der Waals surface area contributed by atoms with Crippen LogP contribution in [0.5, 0.6) is 0 Å². The number of nitrogens with zero attached hydrogens (tertiary/aromatic N) is 2. The smallest absolute Gasteiger partial charge is 0.224 e. The average molecular weight is 411 g/mol. The van der Waals surface area contributed by atoms with Gasteiger partial charge in [0.25, 0.3) is 0 Å². The van der Waals surface area contributed by atoms with E-state index in [0.717, 1.165) is 40.0 Å². The zero-order valence-corrected chi connectivity index (χ0v) is 17.8. The topological polar surface area (TPSA) is 71.2 Å². The quantitative estimate of drug-likeness (QED) is 0.630. The van der Waals surface area contributed by atoms with Crippen molar-refractivity contribution in [3.63, 3.8) is 0 Å². The van der Waals surface area contributed by atoms with E-state index in [1.165, 1.54) is 0 Å². The zero-order chi connectivity index (χ0) is 21.8. The molecule has 31 heavy (non-hydrogen) atoms. The Hall–Kier alpha value is -3.62. The number of benzene rings is 2. The standard InChI is InChI=1S/C26H26N4O/c1-18-16-25(29-23-8-5-20(6-9-23)4-3-13-27)24-17-22(21-11-14-28-15-12-21)7-10-26(24)30(18)19(2)31/h5-12,14-15,17-18,25,29H,13,16,27H2,1-2H3/t18-,25+/m0/s1. The zero-order valence-electron chi connectivity index (χ0n) is 17.8. The highest BCUT2D eigenvalue weighted by atomic mass is 16.2. The Balaban J connectivity index is 1.70. The fourth-order valence-electron chi connectivity index (χ4n) is 4.21. The van der Waals surface area contributed by atoms with Crippen molar-refractivity contribution in [2.45, 2.75) is 32.4 Å². The van der Waals surface area contributed by atoms with E-state index in [9.17, 15) is 4.79 Å². The molecule has 2 atom stereocenters. The van der Waals surface area contributed by atoms with Crippen molar-refractivity contribution in [1.82, 2.24) is 4.98 Å². The van der Waals surface area contributed by atoms with Crippen LogP contribution < -0.4 is 16.0 Å². The molecule has 3 aromatic rings. The van der Waals surface area contributed by atoms with Gasteiger partial charge in [-0.1, -0.05) is 17.9 Å². The first-order valence-electron chi connectivity index (χ1n) is 10.5. The minimum atomic E-state index is 0.0618. The van der Waals surface area contributed by atoms with E-state index in [4.69, 9.17) is 5.73 Å². The normalized spacial score (nSPS) is 17.3. The van der Waals surface area contributed by atoms with Crippen molar-refractivity contribution in [3.05, 3.63) is 78.1 Å². The van der Waals surface area contributed by atoms with E-state index < -0.39 is 0 Å². The summed E-state index contributed by atoms with van der Waals surface area (Å²) in [6.07, 6.45) is 4.41. The molecule has 0 radical (unpaired) electrons. The van der Waals surface area contributed by atoms with Gasteiger partial charge in [0.15, 0.2) is 0 Å². The van der Waals surface area contributed by atoms with Crippen LogP contribution in [0.1, 0.15) is 37.4 Å². The second-order valence-electron chi connectivity index (χ2n) is 7.76. The number of aromatic nitrogens is 1. The third kappa shape index (κ3) is 4.45. The maximum atomic E-state index is 12.4. The van der Waals surface area contributed by atoms with E-state index in [0.29, 0.717) is 6.54 Å². The number of fused-ring (bicyclic) bond motifs is 1. The number of hydrogen-bond donors (Lipinski definition) is 2.